The lowest BCUT2D eigenvalue weighted by Gasteiger charge is -2.25. The molecular formula is C14H20N4O. The predicted octanol–water partition coefficient (Wildman–Crippen LogP) is 1.77. The maximum atomic E-state index is 5.30. The van der Waals surface area contributed by atoms with E-state index in [4.69, 9.17) is 4.74 Å². The molecule has 2 aromatic rings. The second-order valence-corrected chi connectivity index (χ2v) is 5.04. The first-order valence-corrected chi connectivity index (χ1v) is 6.97. The highest BCUT2D eigenvalue weighted by atomic mass is 16.5. The van der Waals surface area contributed by atoms with E-state index < -0.39 is 0 Å². The zero-order valence-electron chi connectivity index (χ0n) is 11.4. The molecule has 19 heavy (non-hydrogen) atoms. The topological polar surface area (TPSA) is 42.7 Å². The lowest BCUT2D eigenvalue weighted by molar-refractivity contribution is 0.230. The van der Waals surface area contributed by atoms with Gasteiger partial charge in [0.15, 0.2) is 5.75 Å². The van der Waals surface area contributed by atoms with Gasteiger partial charge in [0.25, 0.3) is 0 Å². The van der Waals surface area contributed by atoms with E-state index in [1.807, 2.05) is 22.7 Å². The lowest BCUT2D eigenvalue weighted by atomic mass is 10.1. The van der Waals surface area contributed by atoms with E-state index >= 15 is 0 Å². The third-order valence-corrected chi connectivity index (χ3v) is 3.79. The SMILES string of the molecule is COc1cccn2c(CCN3CCCCC3)nnc12. The molecule has 0 atom stereocenters. The number of rotatable bonds is 4. The van der Waals surface area contributed by atoms with Gasteiger partial charge in [0.05, 0.1) is 7.11 Å². The average Bonchev–Trinajstić information content (AvgIpc) is 2.89. The highest BCUT2D eigenvalue weighted by Crippen LogP contribution is 2.18. The van der Waals surface area contributed by atoms with Crippen LogP contribution in [-0.2, 0) is 6.42 Å². The summed E-state index contributed by atoms with van der Waals surface area (Å²) in [7, 11) is 1.66. The molecule has 0 amide bonds. The summed E-state index contributed by atoms with van der Waals surface area (Å²) in [6.45, 7) is 3.51. The minimum absolute atomic E-state index is 0.777. The molecule has 0 bridgehead atoms. The van der Waals surface area contributed by atoms with Crippen LogP contribution in [0.4, 0.5) is 0 Å². The number of fused-ring (bicyclic) bond motifs is 1. The molecule has 0 unspecified atom stereocenters. The van der Waals surface area contributed by atoms with E-state index in [0.29, 0.717) is 0 Å². The number of hydrogen-bond donors (Lipinski definition) is 0. The number of aromatic nitrogens is 3. The van der Waals surface area contributed by atoms with Crippen molar-refractivity contribution in [3.8, 4) is 5.75 Å². The van der Waals surface area contributed by atoms with Crippen molar-refractivity contribution >= 4 is 5.65 Å². The Morgan fingerprint density at radius 2 is 2.05 bits per heavy atom. The van der Waals surface area contributed by atoms with Crippen molar-refractivity contribution in [1.82, 2.24) is 19.5 Å². The van der Waals surface area contributed by atoms with Crippen LogP contribution in [0.3, 0.4) is 0 Å². The van der Waals surface area contributed by atoms with E-state index in [0.717, 1.165) is 30.2 Å². The first-order chi connectivity index (χ1) is 9.38. The summed E-state index contributed by atoms with van der Waals surface area (Å²) in [5.41, 5.74) is 0.804. The van der Waals surface area contributed by atoms with Crippen LogP contribution in [0.1, 0.15) is 25.1 Å². The maximum Gasteiger partial charge on any atom is 0.203 e. The van der Waals surface area contributed by atoms with Crippen molar-refractivity contribution in [2.24, 2.45) is 0 Å². The molecule has 1 saturated heterocycles. The van der Waals surface area contributed by atoms with Gasteiger partial charge in [-0.1, -0.05) is 6.42 Å². The fourth-order valence-corrected chi connectivity index (χ4v) is 2.71. The van der Waals surface area contributed by atoms with Gasteiger partial charge in [0.2, 0.25) is 5.65 Å². The highest BCUT2D eigenvalue weighted by molar-refractivity contribution is 5.53. The molecule has 0 aromatic carbocycles. The Bertz CT molecular complexity index is 545. The van der Waals surface area contributed by atoms with Crippen molar-refractivity contribution in [3.05, 3.63) is 24.2 Å². The summed E-state index contributed by atoms with van der Waals surface area (Å²) in [6, 6.07) is 3.89. The minimum Gasteiger partial charge on any atom is -0.493 e. The third kappa shape index (κ3) is 2.56. The molecule has 5 heteroatoms. The molecule has 3 heterocycles. The monoisotopic (exact) mass is 260 g/mol. The molecule has 0 N–H and O–H groups in total. The fourth-order valence-electron chi connectivity index (χ4n) is 2.71. The number of hydrogen-bond acceptors (Lipinski definition) is 4. The highest BCUT2D eigenvalue weighted by Gasteiger charge is 2.13. The van der Waals surface area contributed by atoms with Gasteiger partial charge in [-0.05, 0) is 38.1 Å². The van der Waals surface area contributed by atoms with Crippen molar-refractivity contribution in [2.75, 3.05) is 26.7 Å². The number of pyridine rings is 1. The van der Waals surface area contributed by atoms with E-state index in [-0.39, 0.29) is 0 Å². The van der Waals surface area contributed by atoms with Gasteiger partial charge in [0.1, 0.15) is 5.82 Å². The van der Waals surface area contributed by atoms with Crippen molar-refractivity contribution in [2.45, 2.75) is 25.7 Å². The molecular weight excluding hydrogens is 240 g/mol. The summed E-state index contributed by atoms with van der Waals surface area (Å²) in [5, 5.41) is 8.52. The number of piperidine rings is 1. The van der Waals surface area contributed by atoms with E-state index in [1.54, 1.807) is 7.11 Å². The van der Waals surface area contributed by atoms with Crippen LogP contribution in [-0.4, -0.2) is 46.2 Å². The van der Waals surface area contributed by atoms with Crippen molar-refractivity contribution in [1.29, 1.82) is 0 Å². The number of nitrogens with zero attached hydrogens (tertiary/aromatic N) is 4. The van der Waals surface area contributed by atoms with Crippen molar-refractivity contribution < 1.29 is 4.74 Å². The molecule has 0 saturated carbocycles. The Morgan fingerprint density at radius 3 is 2.84 bits per heavy atom. The van der Waals surface area contributed by atoms with Crippen molar-refractivity contribution in [3.63, 3.8) is 0 Å². The largest absolute Gasteiger partial charge is 0.493 e. The second kappa shape index (κ2) is 5.57. The molecule has 1 fully saturated rings. The molecule has 0 radical (unpaired) electrons. The zero-order chi connectivity index (χ0) is 13.1. The summed E-state index contributed by atoms with van der Waals surface area (Å²) >= 11 is 0. The normalized spacial score (nSPS) is 16.9. The Hall–Kier alpha value is -1.62. The van der Waals surface area contributed by atoms with E-state index in [1.165, 1.54) is 32.4 Å². The van der Waals surface area contributed by atoms with E-state index in [2.05, 4.69) is 15.1 Å². The molecule has 2 aromatic heterocycles. The van der Waals surface area contributed by atoms with Crippen LogP contribution < -0.4 is 4.74 Å². The minimum atomic E-state index is 0.777. The molecule has 1 aliphatic rings. The van der Waals surface area contributed by atoms with E-state index in [9.17, 15) is 0 Å². The van der Waals surface area contributed by atoms with Gasteiger partial charge >= 0.3 is 0 Å². The van der Waals surface area contributed by atoms with Gasteiger partial charge in [0, 0.05) is 19.2 Å². The van der Waals surface area contributed by atoms with Crippen LogP contribution in [0.15, 0.2) is 18.3 Å². The summed E-state index contributed by atoms with van der Waals surface area (Å²) < 4.78 is 7.33. The Balaban J connectivity index is 1.74. The second-order valence-electron chi connectivity index (χ2n) is 5.04. The fraction of sp³-hybridized carbons (Fsp3) is 0.571. The maximum absolute atomic E-state index is 5.30. The Labute approximate surface area is 113 Å². The lowest BCUT2D eigenvalue weighted by Crippen LogP contribution is -2.31. The van der Waals surface area contributed by atoms with Crippen LogP contribution >= 0.6 is 0 Å². The zero-order valence-corrected chi connectivity index (χ0v) is 11.4. The van der Waals surface area contributed by atoms with Gasteiger partial charge in [-0.3, -0.25) is 4.40 Å². The standard InChI is InChI=1S/C14H20N4O/c1-19-12-6-5-10-18-13(15-16-14(12)18)7-11-17-8-3-2-4-9-17/h5-6,10H,2-4,7-9,11H2,1H3. The molecule has 0 aliphatic carbocycles. The Kier molecular flexibility index (Phi) is 3.64. The predicted molar refractivity (Wildman–Crippen MR) is 73.5 cm³/mol. The summed E-state index contributed by atoms with van der Waals surface area (Å²) in [4.78, 5) is 2.52. The first-order valence-electron chi connectivity index (χ1n) is 6.97. The average molecular weight is 260 g/mol. The smallest absolute Gasteiger partial charge is 0.203 e. The summed E-state index contributed by atoms with van der Waals surface area (Å²) in [6.07, 6.45) is 6.97. The molecule has 102 valence electrons. The van der Waals surface area contributed by atoms with Gasteiger partial charge in [-0.25, -0.2) is 0 Å². The number of ether oxygens (including phenoxy) is 1. The molecule has 3 rings (SSSR count). The Morgan fingerprint density at radius 1 is 1.21 bits per heavy atom. The van der Waals surface area contributed by atoms with Crippen LogP contribution in [0.25, 0.3) is 5.65 Å². The number of methoxy groups -OCH3 is 1. The van der Waals surface area contributed by atoms with Crippen LogP contribution in [0.5, 0.6) is 5.75 Å². The molecule has 1 aliphatic heterocycles. The van der Waals surface area contributed by atoms with Gasteiger partial charge in [-0.2, -0.15) is 0 Å². The first kappa shape index (κ1) is 12.4. The number of likely N-dealkylation sites (tertiary alicyclic amines) is 1. The quantitative estimate of drug-likeness (QED) is 0.840. The summed E-state index contributed by atoms with van der Waals surface area (Å²) in [5.74, 6) is 1.79. The van der Waals surface area contributed by atoms with Crippen LogP contribution in [0.2, 0.25) is 0 Å². The third-order valence-electron chi connectivity index (χ3n) is 3.79. The molecule has 5 nitrogen and oxygen atoms in total. The van der Waals surface area contributed by atoms with Gasteiger partial charge < -0.3 is 9.64 Å². The van der Waals surface area contributed by atoms with Gasteiger partial charge in [-0.15, -0.1) is 10.2 Å². The molecule has 0 spiro atoms. The van der Waals surface area contributed by atoms with Crippen LogP contribution in [0, 0.1) is 0 Å².